The van der Waals surface area contributed by atoms with Gasteiger partial charge in [0.2, 0.25) is 0 Å². The number of rotatable bonds is 3. The molecule has 5 heteroatoms. The first kappa shape index (κ1) is 10.2. The summed E-state index contributed by atoms with van der Waals surface area (Å²) in [5.41, 5.74) is 0.817. The number of hydrogen-bond acceptors (Lipinski definition) is 4. The van der Waals surface area contributed by atoms with Crippen molar-refractivity contribution in [1.82, 2.24) is 5.01 Å². The quantitative estimate of drug-likeness (QED) is 0.545. The lowest BCUT2D eigenvalue weighted by molar-refractivity contribution is 0.121. The van der Waals surface area contributed by atoms with Gasteiger partial charge in [-0.2, -0.15) is 5.01 Å². The van der Waals surface area contributed by atoms with Gasteiger partial charge in [-0.1, -0.05) is 30.3 Å². The molecule has 0 aliphatic heterocycles. The third-order valence-electron chi connectivity index (χ3n) is 1.66. The van der Waals surface area contributed by atoms with E-state index in [1.54, 1.807) is 12.1 Å². The third kappa shape index (κ3) is 2.55. The second-order valence-electron chi connectivity index (χ2n) is 2.59. The average molecular weight is 194 g/mol. The molecule has 1 aromatic carbocycles. The maximum Gasteiger partial charge on any atom is 0.433 e. The minimum Gasteiger partial charge on any atom is -0.451 e. The Kier molecular flexibility index (Phi) is 3.60. The van der Waals surface area contributed by atoms with Gasteiger partial charge in [-0.25, -0.2) is 4.79 Å². The highest BCUT2D eigenvalue weighted by Gasteiger charge is 2.13. The van der Waals surface area contributed by atoms with E-state index < -0.39 is 6.09 Å². The zero-order valence-corrected chi connectivity index (χ0v) is 7.71. The first-order valence-electron chi connectivity index (χ1n) is 4.00. The number of carbonyl (C=O) groups excluding carboxylic acids is 1. The Morgan fingerprint density at radius 3 is 2.57 bits per heavy atom. The van der Waals surface area contributed by atoms with Gasteiger partial charge in [0.15, 0.2) is 0 Å². The molecule has 14 heavy (non-hydrogen) atoms. The molecular formula is C9H10N2O3. The molecule has 0 N–H and O–H groups in total. The van der Waals surface area contributed by atoms with E-state index in [0.29, 0.717) is 0 Å². The topological polar surface area (TPSA) is 59.0 Å². The fraction of sp³-hybridized carbons (Fsp3) is 0.222. The van der Waals surface area contributed by atoms with Gasteiger partial charge in [0.05, 0.1) is 18.9 Å². The highest BCUT2D eigenvalue weighted by molar-refractivity contribution is 5.66. The summed E-state index contributed by atoms with van der Waals surface area (Å²) < 4.78 is 4.37. The molecule has 0 heterocycles. The summed E-state index contributed by atoms with van der Waals surface area (Å²) in [5, 5.41) is 3.28. The molecule has 0 fully saturated rings. The van der Waals surface area contributed by atoms with E-state index in [1.165, 1.54) is 7.11 Å². The van der Waals surface area contributed by atoms with Crippen LogP contribution in [-0.2, 0) is 11.3 Å². The van der Waals surface area contributed by atoms with Crippen molar-refractivity contribution in [3.05, 3.63) is 40.8 Å². The van der Waals surface area contributed by atoms with Crippen molar-refractivity contribution in [2.24, 2.45) is 5.29 Å². The van der Waals surface area contributed by atoms with Gasteiger partial charge in [-0.3, -0.25) is 0 Å². The minimum absolute atomic E-state index is 0.122. The van der Waals surface area contributed by atoms with Gasteiger partial charge < -0.3 is 4.74 Å². The monoisotopic (exact) mass is 194 g/mol. The van der Waals surface area contributed by atoms with Crippen molar-refractivity contribution < 1.29 is 9.53 Å². The summed E-state index contributed by atoms with van der Waals surface area (Å²) in [7, 11) is 1.20. The number of nitroso groups, excluding NO2 is 1. The smallest absolute Gasteiger partial charge is 0.433 e. The Morgan fingerprint density at radius 1 is 1.43 bits per heavy atom. The van der Waals surface area contributed by atoms with Gasteiger partial charge in [-0.05, 0) is 5.56 Å². The maximum atomic E-state index is 11.0. The lowest BCUT2D eigenvalue weighted by Crippen LogP contribution is -2.24. The fourth-order valence-electron chi connectivity index (χ4n) is 0.988. The largest absolute Gasteiger partial charge is 0.451 e. The lowest BCUT2D eigenvalue weighted by Gasteiger charge is -2.10. The first-order chi connectivity index (χ1) is 6.77. The average Bonchev–Trinajstić information content (AvgIpc) is 2.26. The predicted octanol–water partition coefficient (Wildman–Crippen LogP) is 1.94. The van der Waals surface area contributed by atoms with Crippen LogP contribution in [0.3, 0.4) is 0 Å². The number of ether oxygens (including phenoxy) is 1. The van der Waals surface area contributed by atoms with Crippen molar-refractivity contribution in [3.8, 4) is 0 Å². The second-order valence-corrected chi connectivity index (χ2v) is 2.59. The van der Waals surface area contributed by atoms with Crippen LogP contribution in [-0.4, -0.2) is 18.2 Å². The Morgan fingerprint density at radius 2 is 2.07 bits per heavy atom. The molecular weight excluding hydrogens is 184 g/mol. The molecule has 0 aliphatic carbocycles. The van der Waals surface area contributed by atoms with E-state index in [1.807, 2.05) is 18.2 Å². The summed E-state index contributed by atoms with van der Waals surface area (Å²) in [6.45, 7) is 0.122. The number of carbonyl (C=O) groups is 1. The Balaban J connectivity index is 2.66. The van der Waals surface area contributed by atoms with Crippen LogP contribution in [0, 0.1) is 4.91 Å². The highest BCUT2D eigenvalue weighted by atomic mass is 16.6. The molecule has 1 amide bonds. The third-order valence-corrected chi connectivity index (χ3v) is 1.66. The zero-order chi connectivity index (χ0) is 10.4. The van der Waals surface area contributed by atoms with Crippen molar-refractivity contribution in [3.63, 3.8) is 0 Å². The van der Waals surface area contributed by atoms with Gasteiger partial charge >= 0.3 is 6.09 Å². The highest BCUT2D eigenvalue weighted by Crippen LogP contribution is 2.05. The van der Waals surface area contributed by atoms with Gasteiger partial charge in [0, 0.05) is 0 Å². The summed E-state index contributed by atoms with van der Waals surface area (Å²) in [6, 6.07) is 9.06. The summed E-state index contributed by atoms with van der Waals surface area (Å²) in [6.07, 6.45) is -0.760. The standard InChI is InChI=1S/C9H10N2O3/c1-14-9(12)11(10-13)7-8-5-3-2-4-6-8/h2-6H,7H2,1H3. The van der Waals surface area contributed by atoms with E-state index in [2.05, 4.69) is 10.0 Å². The molecule has 0 bridgehead atoms. The van der Waals surface area contributed by atoms with Crippen LogP contribution in [0.15, 0.2) is 35.6 Å². The van der Waals surface area contributed by atoms with Gasteiger partial charge in [0.1, 0.15) is 0 Å². The molecule has 5 nitrogen and oxygen atoms in total. The van der Waals surface area contributed by atoms with Crippen LogP contribution >= 0.6 is 0 Å². The van der Waals surface area contributed by atoms with Crippen LogP contribution < -0.4 is 0 Å². The number of amides is 1. The molecule has 1 aromatic rings. The molecule has 0 atom stereocenters. The van der Waals surface area contributed by atoms with Crippen LogP contribution in [0.5, 0.6) is 0 Å². The Hall–Kier alpha value is -1.91. The molecule has 0 saturated carbocycles. The maximum absolute atomic E-state index is 11.0. The second kappa shape index (κ2) is 4.96. The van der Waals surface area contributed by atoms with E-state index in [9.17, 15) is 9.70 Å². The first-order valence-corrected chi connectivity index (χ1v) is 4.00. The molecule has 0 aliphatic rings. The molecule has 1 rings (SSSR count). The van der Waals surface area contributed by atoms with Crippen LogP contribution in [0.4, 0.5) is 4.79 Å². The molecule has 0 saturated heterocycles. The van der Waals surface area contributed by atoms with E-state index >= 15 is 0 Å². The number of hydrogen-bond donors (Lipinski definition) is 0. The normalized spacial score (nSPS) is 9.21. The van der Waals surface area contributed by atoms with Crippen molar-refractivity contribution in [2.75, 3.05) is 7.11 Å². The van der Waals surface area contributed by atoms with Gasteiger partial charge in [-0.15, -0.1) is 4.91 Å². The molecule has 0 spiro atoms. The van der Waals surface area contributed by atoms with Crippen LogP contribution in [0.25, 0.3) is 0 Å². The van der Waals surface area contributed by atoms with Gasteiger partial charge in [0.25, 0.3) is 0 Å². The number of benzene rings is 1. The van der Waals surface area contributed by atoms with E-state index in [4.69, 9.17) is 0 Å². The van der Waals surface area contributed by atoms with Crippen LogP contribution in [0.2, 0.25) is 0 Å². The fourth-order valence-corrected chi connectivity index (χ4v) is 0.988. The molecule has 0 unspecified atom stereocenters. The summed E-state index contributed by atoms with van der Waals surface area (Å²) in [5.74, 6) is 0. The lowest BCUT2D eigenvalue weighted by atomic mass is 10.2. The minimum atomic E-state index is -0.760. The summed E-state index contributed by atoms with van der Waals surface area (Å²) in [4.78, 5) is 21.2. The SMILES string of the molecule is COC(=O)N(Cc1ccccc1)N=O. The Labute approximate surface area is 81.2 Å². The van der Waals surface area contributed by atoms with Crippen molar-refractivity contribution in [2.45, 2.75) is 6.54 Å². The zero-order valence-electron chi connectivity index (χ0n) is 7.71. The summed E-state index contributed by atoms with van der Waals surface area (Å²) >= 11 is 0. The Bertz CT molecular complexity index is 313. The number of nitrogens with zero attached hydrogens (tertiary/aromatic N) is 2. The van der Waals surface area contributed by atoms with Crippen molar-refractivity contribution >= 4 is 6.09 Å². The number of methoxy groups -OCH3 is 1. The van der Waals surface area contributed by atoms with Crippen LogP contribution in [0.1, 0.15) is 5.56 Å². The van der Waals surface area contributed by atoms with E-state index in [0.717, 1.165) is 10.6 Å². The molecule has 0 radical (unpaired) electrons. The van der Waals surface area contributed by atoms with Crippen molar-refractivity contribution in [1.29, 1.82) is 0 Å². The molecule has 74 valence electrons. The van der Waals surface area contributed by atoms with E-state index in [-0.39, 0.29) is 6.54 Å². The predicted molar refractivity (Wildman–Crippen MR) is 50.2 cm³/mol. The molecule has 0 aromatic heterocycles.